The molecule has 2 aromatic heterocycles. The molecule has 178 valence electrons. The fraction of sp³-hybridized carbons (Fsp3) is 0.385. The van der Waals surface area contributed by atoms with E-state index in [-0.39, 0.29) is 0 Å². The normalized spacial score (nSPS) is 16.3. The average Bonchev–Trinajstić information content (AvgIpc) is 3.15. The van der Waals surface area contributed by atoms with Crippen molar-refractivity contribution in [3.63, 3.8) is 0 Å². The third-order valence-electron chi connectivity index (χ3n) is 6.81. The summed E-state index contributed by atoms with van der Waals surface area (Å²) in [6.45, 7) is 3.31. The molecule has 2 N–H and O–H groups in total. The molecular weight excluding hydrogens is 448 g/mol. The summed E-state index contributed by atoms with van der Waals surface area (Å²) in [6.07, 6.45) is 3.29. The number of aromatic nitrogens is 2. The summed E-state index contributed by atoms with van der Waals surface area (Å²) in [7, 11) is 3.57. The molecule has 0 bridgehead atoms. The largest absolute Gasteiger partial charge is 0.497 e. The Morgan fingerprint density at radius 3 is 2.82 bits per heavy atom. The summed E-state index contributed by atoms with van der Waals surface area (Å²) in [4.78, 5) is 7.26. The molecule has 7 nitrogen and oxygen atoms in total. The topological polar surface area (TPSA) is 75.7 Å². The molecule has 2 aromatic carbocycles. The van der Waals surface area contributed by atoms with Crippen LogP contribution < -0.4 is 10.1 Å². The maximum absolute atomic E-state index is 11.0. The zero-order chi connectivity index (χ0) is 23.7. The van der Waals surface area contributed by atoms with Crippen LogP contribution in [0.3, 0.4) is 0 Å². The van der Waals surface area contributed by atoms with Crippen molar-refractivity contribution in [1.82, 2.24) is 19.8 Å². The monoisotopic (exact) mass is 478 g/mol. The second-order valence-corrected chi connectivity index (χ2v) is 9.33. The van der Waals surface area contributed by atoms with Crippen molar-refractivity contribution in [2.75, 3.05) is 26.7 Å². The van der Waals surface area contributed by atoms with Gasteiger partial charge in [-0.2, -0.15) is 0 Å². The summed E-state index contributed by atoms with van der Waals surface area (Å²) < 4.78 is 12.9. The van der Waals surface area contributed by atoms with Gasteiger partial charge in [-0.25, -0.2) is 0 Å². The van der Waals surface area contributed by atoms with Crippen LogP contribution in [0.2, 0.25) is 0 Å². The van der Waals surface area contributed by atoms with Gasteiger partial charge in [-0.15, -0.1) is 0 Å². The van der Waals surface area contributed by atoms with Crippen LogP contribution in [0, 0.1) is 4.84 Å². The minimum atomic E-state index is -0.572. The second kappa shape index (κ2) is 9.84. The van der Waals surface area contributed by atoms with Gasteiger partial charge in [0, 0.05) is 37.8 Å². The number of β-amino-alcohol motifs (C(OH)–C–C–N with tert-alkyl or cyclic N) is 1. The van der Waals surface area contributed by atoms with Gasteiger partial charge in [0.1, 0.15) is 5.75 Å². The van der Waals surface area contributed by atoms with E-state index in [1.54, 1.807) is 13.3 Å². The lowest BCUT2D eigenvalue weighted by molar-refractivity contribution is 0.0949. The maximum Gasteiger partial charge on any atom is 0.269 e. The molecule has 0 unspecified atom stereocenters. The van der Waals surface area contributed by atoms with E-state index >= 15 is 0 Å². The van der Waals surface area contributed by atoms with E-state index in [4.69, 9.17) is 21.4 Å². The summed E-state index contributed by atoms with van der Waals surface area (Å²) in [5.74, 6) is 0.769. The summed E-state index contributed by atoms with van der Waals surface area (Å²) in [6, 6.07) is 14.4. The van der Waals surface area contributed by atoms with E-state index < -0.39 is 6.10 Å². The van der Waals surface area contributed by atoms with Gasteiger partial charge in [0.25, 0.3) is 4.84 Å². The van der Waals surface area contributed by atoms with Gasteiger partial charge in [0.05, 0.1) is 24.2 Å². The van der Waals surface area contributed by atoms with Gasteiger partial charge in [-0.05, 0) is 85.7 Å². The van der Waals surface area contributed by atoms with E-state index in [0.29, 0.717) is 17.4 Å². The molecule has 3 heterocycles. The molecule has 1 atom stereocenters. The first kappa shape index (κ1) is 23.0. The molecule has 0 aliphatic carbocycles. The highest BCUT2D eigenvalue weighted by Gasteiger charge is 2.22. The Kier molecular flexibility index (Phi) is 6.65. The number of oxazole rings is 1. The number of aliphatic hydroxyl groups excluding tert-OH is 1. The number of rotatable bonds is 7. The molecule has 0 radical (unpaired) electrons. The first-order chi connectivity index (χ1) is 16.5. The Balaban J connectivity index is 1.16. The minimum absolute atomic E-state index is 0.456. The van der Waals surface area contributed by atoms with Crippen molar-refractivity contribution in [1.29, 1.82) is 0 Å². The minimum Gasteiger partial charge on any atom is -0.497 e. The highest BCUT2D eigenvalue weighted by atomic mass is 32.1. The van der Waals surface area contributed by atoms with Crippen molar-refractivity contribution in [3.05, 3.63) is 64.6 Å². The van der Waals surface area contributed by atoms with Crippen LogP contribution in [-0.2, 0) is 13.6 Å². The highest BCUT2D eigenvalue weighted by Crippen LogP contribution is 2.28. The fourth-order valence-electron chi connectivity index (χ4n) is 4.78. The van der Waals surface area contributed by atoms with E-state index in [9.17, 15) is 5.11 Å². The molecule has 1 aliphatic rings. The molecule has 1 fully saturated rings. The van der Waals surface area contributed by atoms with Crippen LogP contribution in [0.25, 0.3) is 22.0 Å². The Morgan fingerprint density at radius 2 is 2.03 bits per heavy atom. The number of aryl methyl sites for hydroxylation is 1. The summed E-state index contributed by atoms with van der Waals surface area (Å²) in [5.41, 5.74) is 4.80. The zero-order valence-corrected chi connectivity index (χ0v) is 20.3. The lowest BCUT2D eigenvalue weighted by Crippen LogP contribution is -2.43. The number of fused-ring (bicyclic) bond motifs is 2. The van der Waals surface area contributed by atoms with Crippen molar-refractivity contribution in [3.8, 4) is 5.75 Å². The van der Waals surface area contributed by atoms with Crippen LogP contribution in [0.4, 0.5) is 0 Å². The first-order valence-electron chi connectivity index (χ1n) is 11.7. The van der Waals surface area contributed by atoms with Gasteiger partial charge in [-0.1, -0.05) is 6.07 Å². The number of methoxy groups -OCH3 is 1. The molecule has 8 heteroatoms. The first-order valence-corrected chi connectivity index (χ1v) is 12.1. The predicted molar refractivity (Wildman–Crippen MR) is 136 cm³/mol. The van der Waals surface area contributed by atoms with E-state index in [1.165, 1.54) is 5.56 Å². The van der Waals surface area contributed by atoms with Crippen molar-refractivity contribution in [2.24, 2.45) is 7.05 Å². The van der Waals surface area contributed by atoms with Crippen LogP contribution >= 0.6 is 12.2 Å². The van der Waals surface area contributed by atoms with Gasteiger partial charge in [0.15, 0.2) is 5.58 Å². The molecule has 5 rings (SSSR count). The highest BCUT2D eigenvalue weighted by molar-refractivity contribution is 7.71. The second-order valence-electron chi connectivity index (χ2n) is 8.98. The Bertz CT molecular complexity index is 1360. The zero-order valence-electron chi connectivity index (χ0n) is 19.5. The number of hydrogen-bond donors (Lipinski definition) is 2. The Morgan fingerprint density at radius 1 is 1.21 bits per heavy atom. The fourth-order valence-corrected chi connectivity index (χ4v) is 4.97. The van der Waals surface area contributed by atoms with Crippen LogP contribution in [-0.4, -0.2) is 52.3 Å². The number of hydrogen-bond acceptors (Lipinski definition) is 7. The van der Waals surface area contributed by atoms with Crippen LogP contribution in [0.5, 0.6) is 5.75 Å². The van der Waals surface area contributed by atoms with E-state index in [0.717, 1.165) is 65.8 Å². The number of nitrogens with zero attached hydrogens (tertiary/aromatic N) is 3. The molecule has 34 heavy (non-hydrogen) atoms. The maximum atomic E-state index is 11.0. The average molecular weight is 479 g/mol. The molecule has 4 aromatic rings. The smallest absolute Gasteiger partial charge is 0.269 e. The van der Waals surface area contributed by atoms with Crippen molar-refractivity contribution in [2.45, 2.75) is 31.5 Å². The predicted octanol–water partition coefficient (Wildman–Crippen LogP) is 4.35. The number of aliphatic hydroxyl groups is 1. The van der Waals surface area contributed by atoms with Gasteiger partial charge < -0.3 is 29.0 Å². The van der Waals surface area contributed by atoms with Crippen molar-refractivity contribution >= 4 is 34.2 Å². The number of nitrogens with one attached hydrogen (secondary N) is 1. The van der Waals surface area contributed by atoms with Gasteiger partial charge >= 0.3 is 0 Å². The SMILES string of the molecule is COc1ccc2nccc([C@@H](O)CN3CCC(NCc4ccc5c(c4)oc(=S)n5C)CC3)c2c1. The van der Waals surface area contributed by atoms with Crippen LogP contribution in [0.1, 0.15) is 30.1 Å². The van der Waals surface area contributed by atoms with Crippen LogP contribution in [0.15, 0.2) is 53.1 Å². The molecule has 0 amide bonds. The number of benzene rings is 2. The number of piperidine rings is 1. The molecule has 0 saturated carbocycles. The number of likely N-dealkylation sites (tertiary alicyclic amines) is 1. The van der Waals surface area contributed by atoms with E-state index in [2.05, 4.69) is 33.4 Å². The van der Waals surface area contributed by atoms with Gasteiger partial charge in [0.2, 0.25) is 0 Å². The molecule has 1 aliphatic heterocycles. The molecule has 1 saturated heterocycles. The lowest BCUT2D eigenvalue weighted by Gasteiger charge is -2.33. The summed E-state index contributed by atoms with van der Waals surface area (Å²) >= 11 is 5.22. The van der Waals surface area contributed by atoms with Gasteiger partial charge in [-0.3, -0.25) is 4.98 Å². The number of ether oxygens (including phenoxy) is 1. The lowest BCUT2D eigenvalue weighted by atomic mass is 10.0. The number of pyridine rings is 1. The molecular formula is C26H30N4O3S. The Hall–Kier alpha value is -2.78. The quantitative estimate of drug-likeness (QED) is 0.383. The third-order valence-corrected chi connectivity index (χ3v) is 7.17. The van der Waals surface area contributed by atoms with Crippen molar-refractivity contribution < 1.29 is 14.3 Å². The molecule has 0 spiro atoms. The van der Waals surface area contributed by atoms with E-state index in [1.807, 2.05) is 35.9 Å². The standard InChI is InChI=1S/C26H30N4O3S/c1-29-23-6-3-17(13-25(23)33-26(29)34)15-28-18-8-11-30(12-9-18)16-24(31)20-7-10-27-22-5-4-19(32-2)14-21(20)22/h3-7,10,13-14,18,24,28,31H,8-9,11-12,15-16H2,1-2H3/t24-/m0/s1. The summed E-state index contributed by atoms with van der Waals surface area (Å²) in [5, 5.41) is 15.6. The Labute approximate surface area is 204 Å². The third kappa shape index (κ3) is 4.72.